The number of hydrogen-bond acceptors (Lipinski definition) is 8. The van der Waals surface area contributed by atoms with Crippen LogP contribution in [0.2, 0.25) is 0 Å². The zero-order valence-electron chi connectivity index (χ0n) is 24.0. The van der Waals surface area contributed by atoms with Gasteiger partial charge in [-0.25, -0.2) is 0 Å². The van der Waals surface area contributed by atoms with E-state index in [9.17, 15) is 0 Å². The molecule has 2 unspecified atom stereocenters. The summed E-state index contributed by atoms with van der Waals surface area (Å²) in [5, 5.41) is 0. The van der Waals surface area contributed by atoms with Crippen molar-refractivity contribution in [3.63, 3.8) is 0 Å². The summed E-state index contributed by atoms with van der Waals surface area (Å²) in [5.41, 5.74) is 1.13. The van der Waals surface area contributed by atoms with Crippen LogP contribution in [0.25, 0.3) is 0 Å². The van der Waals surface area contributed by atoms with Gasteiger partial charge in [0.2, 0.25) is 0 Å². The number of rotatable bonds is 9. The van der Waals surface area contributed by atoms with Crippen molar-refractivity contribution in [2.45, 2.75) is 83.2 Å². The molecule has 40 heavy (non-hydrogen) atoms. The standard InChI is InChI=1S/C30H45I2N8/c1-23-18-33-30(34-19-23)39-10-2-4-27(39)16-24-6-12-37(13-7-24)22-32-26-20-35-29(36-21-26)38-14-8-25(9-15-38)17-28-5-3-11-40(28)31/h18-21,24-25,27-28H,2-17,22H2,1H3/q-1. The number of aromatic nitrogens is 4. The SMILES string of the molecule is Cc1cnc(N2CCCC2CC2CCN(C[I-]c3cnc(N4CCC(CC5CCCN5I)CC4)nc3)CC2)nc1. The average Bonchev–Trinajstić information content (AvgIpc) is 3.62. The zero-order chi connectivity index (χ0) is 27.3. The number of piperidine rings is 2. The molecule has 10 heteroatoms. The van der Waals surface area contributed by atoms with Gasteiger partial charge in [-0.15, -0.1) is 0 Å². The summed E-state index contributed by atoms with van der Waals surface area (Å²) >= 11 is 2.47. The van der Waals surface area contributed by atoms with Crippen LogP contribution in [0.4, 0.5) is 11.9 Å². The van der Waals surface area contributed by atoms with E-state index in [2.05, 4.69) is 70.0 Å². The quantitative estimate of drug-likeness (QED) is 0.166. The van der Waals surface area contributed by atoms with Crippen molar-refractivity contribution in [1.29, 1.82) is 0 Å². The van der Waals surface area contributed by atoms with E-state index < -0.39 is 0 Å². The van der Waals surface area contributed by atoms with Gasteiger partial charge in [0.1, 0.15) is 0 Å². The molecule has 2 atom stereocenters. The molecule has 0 radical (unpaired) electrons. The molecule has 4 aliphatic rings. The first kappa shape index (κ1) is 29.2. The molecule has 2 aromatic rings. The van der Waals surface area contributed by atoms with Gasteiger partial charge in [0, 0.05) is 0 Å². The zero-order valence-corrected chi connectivity index (χ0v) is 28.3. The molecule has 6 heterocycles. The molecule has 6 rings (SSSR count). The fraction of sp³-hybridized carbons (Fsp3) is 0.733. The minimum atomic E-state index is -0.0671. The molecule has 0 amide bonds. The normalized spacial score (nSPS) is 25.9. The molecule has 0 aliphatic carbocycles. The van der Waals surface area contributed by atoms with Gasteiger partial charge in [0.15, 0.2) is 0 Å². The first-order valence-electron chi connectivity index (χ1n) is 15.5. The van der Waals surface area contributed by atoms with Crippen LogP contribution in [0, 0.1) is 22.3 Å². The number of anilines is 2. The first-order valence-corrected chi connectivity index (χ1v) is 19.0. The number of halogens is 2. The molecule has 2 aromatic heterocycles. The number of alkyl halides is 1. The molecule has 220 valence electrons. The predicted molar refractivity (Wildman–Crippen MR) is 165 cm³/mol. The van der Waals surface area contributed by atoms with Gasteiger partial charge in [-0.1, -0.05) is 0 Å². The van der Waals surface area contributed by atoms with Gasteiger partial charge in [0.25, 0.3) is 0 Å². The van der Waals surface area contributed by atoms with Crippen LogP contribution in [0.5, 0.6) is 0 Å². The second-order valence-corrected chi connectivity index (χ2v) is 16.3. The Morgan fingerprint density at radius 1 is 0.725 bits per heavy atom. The summed E-state index contributed by atoms with van der Waals surface area (Å²) in [7, 11) is 0. The first-order chi connectivity index (χ1) is 19.6. The fourth-order valence-corrected chi connectivity index (χ4v) is 10.2. The van der Waals surface area contributed by atoms with Gasteiger partial charge < -0.3 is 0 Å². The molecule has 8 nitrogen and oxygen atoms in total. The Morgan fingerprint density at radius 2 is 1.32 bits per heavy atom. The summed E-state index contributed by atoms with van der Waals surface area (Å²) in [6.07, 6.45) is 21.4. The second kappa shape index (κ2) is 14.1. The van der Waals surface area contributed by atoms with Crippen molar-refractivity contribution in [2.75, 3.05) is 53.6 Å². The van der Waals surface area contributed by atoms with E-state index in [0.717, 1.165) is 55.0 Å². The van der Waals surface area contributed by atoms with Crippen LogP contribution in [0.15, 0.2) is 24.8 Å². The molecule has 0 aromatic carbocycles. The van der Waals surface area contributed by atoms with E-state index in [0.29, 0.717) is 6.04 Å². The number of hydrogen-bond donors (Lipinski definition) is 0. The van der Waals surface area contributed by atoms with Crippen LogP contribution in [0.3, 0.4) is 0 Å². The van der Waals surface area contributed by atoms with Crippen molar-refractivity contribution in [2.24, 2.45) is 11.8 Å². The van der Waals surface area contributed by atoms with E-state index in [1.807, 2.05) is 12.4 Å². The van der Waals surface area contributed by atoms with Gasteiger partial charge >= 0.3 is 260 Å². The Kier molecular flexibility index (Phi) is 10.3. The van der Waals surface area contributed by atoms with Crippen LogP contribution in [0.1, 0.15) is 69.8 Å². The van der Waals surface area contributed by atoms with Gasteiger partial charge in [-0.05, 0) is 6.92 Å². The monoisotopic (exact) mass is 771 g/mol. The maximum absolute atomic E-state index is 4.81. The Labute approximate surface area is 264 Å². The topological polar surface area (TPSA) is 64.5 Å². The van der Waals surface area contributed by atoms with Crippen LogP contribution >= 0.6 is 22.9 Å². The van der Waals surface area contributed by atoms with E-state index in [1.165, 1.54) is 92.0 Å². The summed E-state index contributed by atoms with van der Waals surface area (Å²) in [5.74, 6) is 3.57. The number of likely N-dealkylation sites (tertiary alicyclic amines) is 1. The molecule has 0 bridgehead atoms. The Bertz CT molecular complexity index is 1050. The Morgan fingerprint density at radius 3 is 2.00 bits per heavy atom. The third-order valence-corrected chi connectivity index (χ3v) is 13.5. The molecular formula is C30H45I2N8-. The van der Waals surface area contributed by atoms with E-state index in [1.54, 1.807) is 0 Å². The second-order valence-electron chi connectivity index (χ2n) is 12.4. The van der Waals surface area contributed by atoms with Gasteiger partial charge in [-0.2, -0.15) is 0 Å². The summed E-state index contributed by atoms with van der Waals surface area (Å²) < 4.78 is 5.15. The van der Waals surface area contributed by atoms with Crippen LogP contribution in [-0.2, 0) is 0 Å². The number of aryl methyl sites for hydroxylation is 1. The molecule has 4 saturated heterocycles. The van der Waals surface area contributed by atoms with Crippen molar-refractivity contribution >= 4 is 34.8 Å². The predicted octanol–water partition coefficient (Wildman–Crippen LogP) is 1.98. The van der Waals surface area contributed by atoms with Crippen molar-refractivity contribution in [1.82, 2.24) is 27.9 Å². The van der Waals surface area contributed by atoms with Gasteiger partial charge in [0.05, 0.1) is 0 Å². The summed E-state index contributed by atoms with van der Waals surface area (Å²) in [6, 6.07) is 1.42. The van der Waals surface area contributed by atoms with E-state index in [4.69, 9.17) is 9.97 Å². The van der Waals surface area contributed by atoms with Crippen molar-refractivity contribution in [3.05, 3.63) is 33.9 Å². The van der Waals surface area contributed by atoms with E-state index in [-0.39, 0.29) is 21.2 Å². The van der Waals surface area contributed by atoms with Crippen LogP contribution in [-0.4, -0.2) is 83.9 Å². The average molecular weight is 772 g/mol. The fourth-order valence-electron chi connectivity index (χ4n) is 7.08. The van der Waals surface area contributed by atoms with Crippen LogP contribution < -0.4 is 31.0 Å². The summed E-state index contributed by atoms with van der Waals surface area (Å²) in [4.78, 5) is 26.4. The molecule has 4 aliphatic heterocycles. The molecular weight excluding hydrogens is 726 g/mol. The molecule has 0 saturated carbocycles. The summed E-state index contributed by atoms with van der Waals surface area (Å²) in [6.45, 7) is 9.13. The van der Waals surface area contributed by atoms with Gasteiger partial charge in [-0.3, -0.25) is 0 Å². The Balaban J connectivity index is 0.897. The molecule has 0 spiro atoms. The third kappa shape index (κ3) is 7.55. The minimum absolute atomic E-state index is 0.0671. The Hall–Kier alpha value is -0.860. The third-order valence-electron chi connectivity index (χ3n) is 9.51. The van der Waals surface area contributed by atoms with E-state index >= 15 is 0 Å². The van der Waals surface area contributed by atoms with Crippen molar-refractivity contribution < 1.29 is 21.2 Å². The number of nitrogens with zero attached hydrogens (tertiary/aromatic N) is 8. The van der Waals surface area contributed by atoms with Crippen molar-refractivity contribution in [3.8, 4) is 0 Å². The maximum atomic E-state index is 4.81. The molecule has 4 fully saturated rings. The molecule has 0 N–H and O–H groups in total.